The molecule has 2 aliphatic rings. The third-order valence-electron chi connectivity index (χ3n) is 4.18. The zero-order valence-electron chi connectivity index (χ0n) is 11.4. The molecule has 2 saturated heterocycles. The molecule has 2 aliphatic heterocycles. The van der Waals surface area contributed by atoms with Crippen molar-refractivity contribution < 1.29 is 30.0 Å². The topological polar surface area (TPSA) is 129 Å². The van der Waals surface area contributed by atoms with E-state index in [0.717, 1.165) is 25.9 Å². The largest absolute Gasteiger partial charge is 0.394 e. The van der Waals surface area contributed by atoms with Crippen LogP contribution < -0.4 is 5.90 Å². The predicted octanol–water partition coefficient (Wildman–Crippen LogP) is -2.47. The van der Waals surface area contributed by atoms with E-state index in [-0.39, 0.29) is 0 Å². The molecule has 0 saturated carbocycles. The molecule has 6 N–H and O–H groups in total. The molecule has 0 amide bonds. The standard InChI is InChI=1S/C12H24N2O6/c13-20-9(3-6-14-4-1-2-5-14)12(18)11(17)10(16)8(7-15)19-12/h8-11,15-18H,1-7,13H2/t8-,9?,10+,11-,12+/m0/s1. The van der Waals surface area contributed by atoms with E-state index in [1.807, 2.05) is 0 Å². The Labute approximate surface area is 117 Å². The van der Waals surface area contributed by atoms with Crippen molar-refractivity contribution in [1.29, 1.82) is 0 Å². The molecule has 0 aromatic rings. The van der Waals surface area contributed by atoms with Crippen LogP contribution in [0.15, 0.2) is 0 Å². The number of nitrogens with zero attached hydrogens (tertiary/aromatic N) is 1. The molecule has 8 nitrogen and oxygen atoms in total. The summed E-state index contributed by atoms with van der Waals surface area (Å²) in [5, 5.41) is 39.1. The van der Waals surface area contributed by atoms with Crippen molar-refractivity contribution in [2.24, 2.45) is 5.90 Å². The average Bonchev–Trinajstić information content (AvgIpc) is 3.03. The Morgan fingerprint density at radius 3 is 2.50 bits per heavy atom. The van der Waals surface area contributed by atoms with E-state index in [2.05, 4.69) is 4.90 Å². The van der Waals surface area contributed by atoms with Crippen molar-refractivity contribution >= 4 is 0 Å². The fourth-order valence-electron chi connectivity index (χ4n) is 2.92. The van der Waals surface area contributed by atoms with Crippen molar-refractivity contribution in [1.82, 2.24) is 4.90 Å². The van der Waals surface area contributed by atoms with Crippen LogP contribution in [0.2, 0.25) is 0 Å². The molecule has 1 unspecified atom stereocenters. The lowest BCUT2D eigenvalue weighted by atomic mass is 9.98. The number of rotatable bonds is 6. The zero-order chi connectivity index (χ0) is 14.8. The third-order valence-corrected chi connectivity index (χ3v) is 4.18. The Morgan fingerprint density at radius 2 is 2.00 bits per heavy atom. The fourth-order valence-corrected chi connectivity index (χ4v) is 2.92. The summed E-state index contributed by atoms with van der Waals surface area (Å²) in [4.78, 5) is 6.96. The summed E-state index contributed by atoms with van der Waals surface area (Å²) in [6.45, 7) is 2.12. The minimum absolute atomic E-state index is 0.356. The van der Waals surface area contributed by atoms with Gasteiger partial charge in [-0.2, -0.15) is 0 Å². The van der Waals surface area contributed by atoms with Gasteiger partial charge in [0.25, 0.3) is 0 Å². The van der Waals surface area contributed by atoms with E-state index in [4.69, 9.17) is 20.6 Å². The van der Waals surface area contributed by atoms with E-state index >= 15 is 0 Å². The van der Waals surface area contributed by atoms with Gasteiger partial charge in [0.05, 0.1) is 6.61 Å². The molecule has 8 heteroatoms. The molecule has 0 aromatic heterocycles. The lowest BCUT2D eigenvalue weighted by molar-refractivity contribution is -0.289. The Hall–Kier alpha value is -0.320. The van der Waals surface area contributed by atoms with Crippen LogP contribution in [0.3, 0.4) is 0 Å². The molecule has 0 aliphatic carbocycles. The van der Waals surface area contributed by atoms with Crippen LogP contribution in [-0.2, 0) is 9.57 Å². The van der Waals surface area contributed by atoms with E-state index < -0.39 is 36.8 Å². The second kappa shape index (κ2) is 6.63. The number of hydrogen-bond acceptors (Lipinski definition) is 8. The Balaban J connectivity index is 1.97. The van der Waals surface area contributed by atoms with E-state index in [0.29, 0.717) is 13.0 Å². The minimum atomic E-state index is -2.11. The van der Waals surface area contributed by atoms with Crippen LogP contribution in [0.25, 0.3) is 0 Å². The maximum Gasteiger partial charge on any atom is 0.224 e. The van der Waals surface area contributed by atoms with Gasteiger partial charge in [0.1, 0.15) is 24.4 Å². The predicted molar refractivity (Wildman–Crippen MR) is 68.3 cm³/mol. The van der Waals surface area contributed by atoms with E-state index in [1.165, 1.54) is 0 Å². The quantitative estimate of drug-likeness (QED) is 0.341. The van der Waals surface area contributed by atoms with Gasteiger partial charge in [-0.3, -0.25) is 4.84 Å². The minimum Gasteiger partial charge on any atom is -0.394 e. The first-order valence-corrected chi connectivity index (χ1v) is 6.98. The fraction of sp³-hybridized carbons (Fsp3) is 1.00. The van der Waals surface area contributed by atoms with Crippen LogP contribution in [0.5, 0.6) is 0 Å². The third kappa shape index (κ3) is 2.97. The van der Waals surface area contributed by atoms with E-state index in [9.17, 15) is 15.3 Å². The van der Waals surface area contributed by atoms with Gasteiger partial charge in [-0.15, -0.1) is 0 Å². The van der Waals surface area contributed by atoms with Crippen molar-refractivity contribution in [3.8, 4) is 0 Å². The monoisotopic (exact) mass is 292 g/mol. The van der Waals surface area contributed by atoms with Gasteiger partial charge in [0, 0.05) is 6.54 Å². The van der Waals surface area contributed by atoms with Gasteiger partial charge < -0.3 is 30.1 Å². The van der Waals surface area contributed by atoms with Crippen LogP contribution in [0, 0.1) is 0 Å². The van der Waals surface area contributed by atoms with Crippen molar-refractivity contribution in [2.45, 2.75) is 49.5 Å². The van der Waals surface area contributed by atoms with Crippen LogP contribution in [0.1, 0.15) is 19.3 Å². The molecular formula is C12H24N2O6. The second-order valence-electron chi connectivity index (χ2n) is 5.49. The summed E-state index contributed by atoms with van der Waals surface area (Å²) in [7, 11) is 0. The van der Waals surface area contributed by atoms with Gasteiger partial charge in [-0.05, 0) is 32.4 Å². The summed E-state index contributed by atoms with van der Waals surface area (Å²) in [5.41, 5.74) is 0. The van der Waals surface area contributed by atoms with Gasteiger partial charge in [-0.25, -0.2) is 5.90 Å². The number of ether oxygens (including phenoxy) is 1. The zero-order valence-corrected chi connectivity index (χ0v) is 11.4. The highest BCUT2D eigenvalue weighted by Gasteiger charge is 2.57. The van der Waals surface area contributed by atoms with Gasteiger partial charge in [0.2, 0.25) is 5.79 Å². The first-order valence-electron chi connectivity index (χ1n) is 6.98. The number of aliphatic hydroxyl groups is 4. The number of hydrogen-bond donors (Lipinski definition) is 5. The highest BCUT2D eigenvalue weighted by atomic mass is 16.7. The summed E-state index contributed by atoms with van der Waals surface area (Å²) in [6, 6.07) is 0. The Kier molecular flexibility index (Phi) is 5.32. The average molecular weight is 292 g/mol. The van der Waals surface area contributed by atoms with E-state index in [1.54, 1.807) is 0 Å². The second-order valence-corrected chi connectivity index (χ2v) is 5.49. The molecule has 2 fully saturated rings. The number of nitrogens with two attached hydrogens (primary N) is 1. The summed E-state index contributed by atoms with van der Waals surface area (Å²) in [6.07, 6.45) is -2.36. The maximum atomic E-state index is 10.4. The van der Waals surface area contributed by atoms with Crippen LogP contribution in [-0.4, -0.2) is 81.8 Å². The number of likely N-dealkylation sites (tertiary alicyclic amines) is 1. The molecule has 2 rings (SSSR count). The number of aliphatic hydroxyl groups excluding tert-OH is 3. The maximum absolute atomic E-state index is 10.4. The molecule has 0 radical (unpaired) electrons. The lowest BCUT2D eigenvalue weighted by Gasteiger charge is -2.33. The van der Waals surface area contributed by atoms with Crippen molar-refractivity contribution in [3.05, 3.63) is 0 Å². The molecule has 0 spiro atoms. The van der Waals surface area contributed by atoms with Crippen LogP contribution in [0.4, 0.5) is 0 Å². The van der Waals surface area contributed by atoms with Crippen molar-refractivity contribution in [2.75, 3.05) is 26.2 Å². The Bertz CT molecular complexity index is 314. The first-order chi connectivity index (χ1) is 9.52. The highest BCUT2D eigenvalue weighted by molar-refractivity contribution is 4.99. The lowest BCUT2D eigenvalue weighted by Crippen LogP contribution is -2.55. The van der Waals surface area contributed by atoms with Gasteiger partial charge in [0.15, 0.2) is 0 Å². The molecule has 20 heavy (non-hydrogen) atoms. The molecule has 118 valence electrons. The SMILES string of the molecule is NOC(CCN1CCCC1)[C@@]1(O)O[C@@H](CO)[C@@H](O)[C@@H]1O. The molecule has 5 atom stereocenters. The summed E-state index contributed by atoms with van der Waals surface area (Å²) in [5.74, 6) is 3.09. The molecule has 2 heterocycles. The molecular weight excluding hydrogens is 268 g/mol. The normalized spacial score (nSPS) is 40.4. The molecule has 0 aromatic carbocycles. The van der Waals surface area contributed by atoms with Crippen LogP contribution >= 0.6 is 0 Å². The van der Waals surface area contributed by atoms with Gasteiger partial charge >= 0.3 is 0 Å². The smallest absolute Gasteiger partial charge is 0.224 e. The first kappa shape index (κ1) is 16.1. The molecule has 0 bridgehead atoms. The van der Waals surface area contributed by atoms with Gasteiger partial charge in [-0.1, -0.05) is 0 Å². The summed E-state index contributed by atoms with van der Waals surface area (Å²) < 4.78 is 5.17. The van der Waals surface area contributed by atoms with Crippen molar-refractivity contribution in [3.63, 3.8) is 0 Å². The Morgan fingerprint density at radius 1 is 1.35 bits per heavy atom. The highest BCUT2D eigenvalue weighted by Crippen LogP contribution is 2.34. The summed E-state index contributed by atoms with van der Waals surface area (Å²) >= 11 is 0.